The summed E-state index contributed by atoms with van der Waals surface area (Å²) in [7, 11) is 0. The molecule has 0 radical (unpaired) electrons. The van der Waals surface area contributed by atoms with Gasteiger partial charge in [0.1, 0.15) is 17.5 Å². The number of phenols is 1. The molecule has 1 heterocycles. The monoisotopic (exact) mass is 432 g/mol. The van der Waals surface area contributed by atoms with Crippen molar-refractivity contribution in [3.05, 3.63) is 95.0 Å². The second kappa shape index (κ2) is 8.74. The van der Waals surface area contributed by atoms with Gasteiger partial charge >= 0.3 is 0 Å². The largest absolute Gasteiger partial charge is 0.507 e. The van der Waals surface area contributed by atoms with Gasteiger partial charge in [-0.3, -0.25) is 14.6 Å². The van der Waals surface area contributed by atoms with Crippen molar-refractivity contribution >= 4 is 34.6 Å². The van der Waals surface area contributed by atoms with Crippen molar-refractivity contribution in [2.75, 3.05) is 5.01 Å². The van der Waals surface area contributed by atoms with E-state index in [1.165, 1.54) is 6.07 Å². The molecule has 1 aliphatic heterocycles. The van der Waals surface area contributed by atoms with E-state index in [1.807, 2.05) is 13.0 Å². The van der Waals surface area contributed by atoms with Gasteiger partial charge in [0.25, 0.3) is 0 Å². The fourth-order valence-corrected chi connectivity index (χ4v) is 4.01. The summed E-state index contributed by atoms with van der Waals surface area (Å²) in [6, 6.07) is 21.5. The predicted octanol–water partition coefficient (Wildman–Crippen LogP) is 5.38. The highest BCUT2D eigenvalue weighted by molar-refractivity contribution is 6.48. The Labute approximate surface area is 185 Å². The van der Waals surface area contributed by atoms with E-state index in [2.05, 4.69) is 5.10 Å². The normalized spacial score (nSPS) is 18.0. The summed E-state index contributed by atoms with van der Waals surface area (Å²) in [5, 5.41) is 17.1. The Kier molecular flexibility index (Phi) is 5.87. The molecular formula is C25H21ClN2O3. The molecule has 0 saturated carbocycles. The highest BCUT2D eigenvalue weighted by Gasteiger charge is 2.45. The smallest absolute Gasteiger partial charge is 0.209 e. The second-order valence-corrected chi connectivity index (χ2v) is 7.78. The molecule has 0 aliphatic carbocycles. The number of rotatable bonds is 6. The molecule has 2 unspecified atom stereocenters. The summed E-state index contributed by atoms with van der Waals surface area (Å²) < 4.78 is 0. The van der Waals surface area contributed by atoms with Gasteiger partial charge in [-0.1, -0.05) is 61.0 Å². The zero-order valence-electron chi connectivity index (χ0n) is 16.9. The summed E-state index contributed by atoms with van der Waals surface area (Å²) in [4.78, 5) is 26.9. The van der Waals surface area contributed by atoms with Crippen LogP contribution in [0.1, 0.15) is 34.1 Å². The van der Waals surface area contributed by atoms with Crippen molar-refractivity contribution in [2.45, 2.75) is 19.4 Å². The topological polar surface area (TPSA) is 70.0 Å². The van der Waals surface area contributed by atoms with Crippen LogP contribution in [0.5, 0.6) is 5.75 Å². The Morgan fingerprint density at radius 1 is 0.968 bits per heavy atom. The fraction of sp³-hybridized carbons (Fsp3) is 0.160. The van der Waals surface area contributed by atoms with E-state index in [0.717, 1.165) is 0 Å². The molecule has 5 nitrogen and oxygen atoms in total. The molecule has 0 amide bonds. The van der Waals surface area contributed by atoms with Crippen molar-refractivity contribution in [3.8, 4) is 5.75 Å². The van der Waals surface area contributed by atoms with Crippen molar-refractivity contribution in [3.63, 3.8) is 0 Å². The molecule has 31 heavy (non-hydrogen) atoms. The van der Waals surface area contributed by atoms with E-state index < -0.39 is 12.0 Å². The SMILES string of the molecule is CCC1C(C(=O)c2ccccc2)=NN(c2ccc(Cl)cc2)C1C(=O)c1ccccc1O. The maximum absolute atomic E-state index is 13.6. The fourth-order valence-electron chi connectivity index (χ4n) is 3.89. The Hall–Kier alpha value is -3.44. The summed E-state index contributed by atoms with van der Waals surface area (Å²) in [5.74, 6) is -1.03. The third-order valence-corrected chi connectivity index (χ3v) is 5.70. The summed E-state index contributed by atoms with van der Waals surface area (Å²) in [6.07, 6.45) is 0.533. The number of nitrogens with zero attached hydrogens (tertiary/aromatic N) is 2. The van der Waals surface area contributed by atoms with Gasteiger partial charge in [0, 0.05) is 16.5 Å². The highest BCUT2D eigenvalue weighted by Crippen LogP contribution is 2.35. The number of hydrogen-bond donors (Lipinski definition) is 1. The number of aromatic hydroxyl groups is 1. The molecular weight excluding hydrogens is 412 g/mol. The predicted molar refractivity (Wildman–Crippen MR) is 122 cm³/mol. The molecule has 2 atom stereocenters. The first-order chi connectivity index (χ1) is 15.0. The van der Waals surface area contributed by atoms with E-state index in [9.17, 15) is 14.7 Å². The van der Waals surface area contributed by atoms with Gasteiger partial charge in [-0.25, -0.2) is 0 Å². The number of para-hydroxylation sites is 1. The summed E-state index contributed by atoms with van der Waals surface area (Å²) in [6.45, 7) is 1.93. The number of halogens is 1. The van der Waals surface area contributed by atoms with Gasteiger partial charge in [-0.05, 0) is 42.8 Å². The maximum atomic E-state index is 13.6. The minimum absolute atomic E-state index is 0.0961. The number of anilines is 1. The van der Waals surface area contributed by atoms with Crippen molar-refractivity contribution in [1.29, 1.82) is 0 Å². The zero-order chi connectivity index (χ0) is 22.0. The molecule has 6 heteroatoms. The molecule has 1 N–H and O–H groups in total. The van der Waals surface area contributed by atoms with E-state index in [-0.39, 0.29) is 22.9 Å². The third kappa shape index (κ3) is 3.97. The van der Waals surface area contributed by atoms with Crippen LogP contribution in [-0.4, -0.2) is 28.4 Å². The van der Waals surface area contributed by atoms with E-state index in [1.54, 1.807) is 71.7 Å². The first kappa shape index (κ1) is 20.8. The van der Waals surface area contributed by atoms with E-state index in [0.29, 0.717) is 28.4 Å². The summed E-state index contributed by atoms with van der Waals surface area (Å²) in [5.41, 5.74) is 1.70. The number of carbonyl (C=O) groups is 2. The Balaban J connectivity index is 1.81. The lowest BCUT2D eigenvalue weighted by Crippen LogP contribution is -2.41. The number of benzene rings is 3. The molecule has 0 saturated heterocycles. The minimum Gasteiger partial charge on any atom is -0.507 e. The molecule has 3 aromatic rings. The highest BCUT2D eigenvalue weighted by atomic mass is 35.5. The number of carbonyl (C=O) groups excluding carboxylic acids is 2. The number of hydrazone groups is 1. The van der Waals surface area contributed by atoms with Gasteiger partial charge in [0.2, 0.25) is 5.78 Å². The first-order valence-corrected chi connectivity index (χ1v) is 10.4. The van der Waals surface area contributed by atoms with Crippen LogP contribution >= 0.6 is 11.6 Å². The molecule has 156 valence electrons. The number of phenolic OH excluding ortho intramolecular Hbond substituents is 1. The van der Waals surface area contributed by atoms with E-state index in [4.69, 9.17) is 11.6 Å². The van der Waals surface area contributed by atoms with Gasteiger partial charge in [-0.15, -0.1) is 0 Å². The van der Waals surface area contributed by atoms with Crippen LogP contribution in [0.25, 0.3) is 0 Å². The average molecular weight is 433 g/mol. The van der Waals surface area contributed by atoms with Crippen LogP contribution in [0.4, 0.5) is 5.69 Å². The third-order valence-electron chi connectivity index (χ3n) is 5.45. The number of ketones is 2. The molecule has 4 rings (SSSR count). The van der Waals surface area contributed by atoms with Crippen LogP contribution in [-0.2, 0) is 0 Å². The van der Waals surface area contributed by atoms with Gasteiger partial charge < -0.3 is 5.11 Å². The summed E-state index contributed by atoms with van der Waals surface area (Å²) >= 11 is 6.04. The minimum atomic E-state index is -0.762. The van der Waals surface area contributed by atoms with Crippen LogP contribution in [0.15, 0.2) is 84.0 Å². The van der Waals surface area contributed by atoms with Crippen LogP contribution in [0.3, 0.4) is 0 Å². The number of Topliss-reactive ketones (excluding diaryl/α,β-unsaturated/α-hetero) is 2. The average Bonchev–Trinajstić information content (AvgIpc) is 3.19. The van der Waals surface area contributed by atoms with Gasteiger partial charge in [0.15, 0.2) is 5.78 Å². The van der Waals surface area contributed by atoms with Crippen molar-refractivity contribution in [1.82, 2.24) is 0 Å². The molecule has 0 bridgehead atoms. The van der Waals surface area contributed by atoms with Crippen molar-refractivity contribution in [2.24, 2.45) is 11.0 Å². The molecule has 0 fully saturated rings. The molecule has 0 spiro atoms. The molecule has 0 aromatic heterocycles. The Morgan fingerprint density at radius 3 is 2.26 bits per heavy atom. The lowest BCUT2D eigenvalue weighted by molar-refractivity contribution is 0.0943. The zero-order valence-corrected chi connectivity index (χ0v) is 17.7. The molecule has 1 aliphatic rings. The second-order valence-electron chi connectivity index (χ2n) is 7.34. The van der Waals surface area contributed by atoms with Crippen LogP contribution < -0.4 is 5.01 Å². The van der Waals surface area contributed by atoms with Crippen LogP contribution in [0, 0.1) is 5.92 Å². The van der Waals surface area contributed by atoms with Gasteiger partial charge in [-0.2, -0.15) is 5.10 Å². The maximum Gasteiger partial charge on any atom is 0.209 e. The first-order valence-electron chi connectivity index (χ1n) is 10.1. The standard InChI is InChI=1S/C25H21ClN2O3/c1-2-19-22(24(30)16-8-4-3-5-9-16)27-28(18-14-12-17(26)13-15-18)23(19)25(31)20-10-6-7-11-21(20)29/h3-15,19,23,29H,2H2,1H3. The Bertz CT molecular complexity index is 1140. The van der Waals surface area contributed by atoms with Crippen LogP contribution in [0.2, 0.25) is 5.02 Å². The molecule has 3 aromatic carbocycles. The number of hydrogen-bond acceptors (Lipinski definition) is 5. The lowest BCUT2D eigenvalue weighted by Gasteiger charge is -2.26. The van der Waals surface area contributed by atoms with E-state index >= 15 is 0 Å². The quantitative estimate of drug-likeness (QED) is 0.531. The van der Waals surface area contributed by atoms with Crippen molar-refractivity contribution < 1.29 is 14.7 Å². The Morgan fingerprint density at radius 2 is 1.61 bits per heavy atom. The lowest BCUT2D eigenvalue weighted by atomic mass is 9.84. The van der Waals surface area contributed by atoms with Gasteiger partial charge in [0.05, 0.1) is 11.3 Å².